The Kier molecular flexibility index (Phi) is 5.01. The molecule has 2 aromatic rings. The molecule has 144 valence electrons. The Labute approximate surface area is 155 Å². The summed E-state index contributed by atoms with van der Waals surface area (Å²) in [6.07, 6.45) is -2.65. The minimum Gasteiger partial charge on any atom is -0.463 e. The lowest BCUT2D eigenvalue weighted by Crippen LogP contribution is -2.41. The van der Waals surface area contributed by atoms with E-state index in [2.05, 4.69) is 10.1 Å². The molecule has 0 aromatic carbocycles. The summed E-state index contributed by atoms with van der Waals surface area (Å²) in [5, 5.41) is 34.7. The molecule has 27 heavy (non-hydrogen) atoms. The van der Waals surface area contributed by atoms with Gasteiger partial charge in [-0.2, -0.15) is 10.4 Å². The van der Waals surface area contributed by atoms with Crippen LogP contribution in [0.25, 0.3) is 5.52 Å². The predicted octanol–water partition coefficient (Wildman–Crippen LogP) is -0.260. The molecule has 3 rings (SSSR count). The second-order valence-corrected chi connectivity index (χ2v) is 6.88. The van der Waals surface area contributed by atoms with Crippen molar-refractivity contribution in [3.8, 4) is 6.07 Å². The molecule has 1 aliphatic heterocycles. The highest BCUT2D eigenvalue weighted by Crippen LogP contribution is 2.40. The highest BCUT2D eigenvalue weighted by atomic mass is 16.6. The Hall–Kier alpha value is -2.74. The molecule has 0 saturated carbocycles. The lowest BCUT2D eigenvalue weighted by molar-refractivity contribution is -0.151. The maximum absolute atomic E-state index is 11.7. The monoisotopic (exact) mass is 375 g/mol. The molecule has 0 radical (unpaired) electrons. The first-order valence-corrected chi connectivity index (χ1v) is 8.49. The summed E-state index contributed by atoms with van der Waals surface area (Å²) in [5.41, 5.74) is 4.52. The zero-order valence-electron chi connectivity index (χ0n) is 14.9. The number of carbonyl (C=O) groups excluding carboxylic acids is 1. The quantitative estimate of drug-likeness (QED) is 0.599. The summed E-state index contributed by atoms with van der Waals surface area (Å²) in [6, 6.07) is 5.03. The number of nitrogens with two attached hydrogens (primary N) is 1. The summed E-state index contributed by atoms with van der Waals surface area (Å²) in [5.74, 6) is -0.136. The molecule has 10 heteroatoms. The van der Waals surface area contributed by atoms with E-state index in [0.717, 1.165) is 0 Å². The largest absolute Gasteiger partial charge is 0.463 e. The smallest absolute Gasteiger partial charge is 0.306 e. The van der Waals surface area contributed by atoms with E-state index in [1.807, 2.05) is 19.9 Å². The first-order valence-electron chi connectivity index (χ1n) is 8.49. The van der Waals surface area contributed by atoms with Gasteiger partial charge in [0.25, 0.3) is 0 Å². The number of ether oxygens (including phenoxy) is 2. The Morgan fingerprint density at radius 2 is 2.26 bits per heavy atom. The van der Waals surface area contributed by atoms with Crippen molar-refractivity contribution in [1.29, 1.82) is 5.26 Å². The molecule has 4 N–H and O–H groups in total. The van der Waals surface area contributed by atoms with Gasteiger partial charge in [0.1, 0.15) is 42.8 Å². The van der Waals surface area contributed by atoms with Gasteiger partial charge in [-0.25, -0.2) is 9.50 Å². The fraction of sp³-hybridized carbons (Fsp3) is 0.529. The van der Waals surface area contributed by atoms with Crippen LogP contribution in [0, 0.1) is 17.2 Å². The van der Waals surface area contributed by atoms with Crippen molar-refractivity contribution in [3.63, 3.8) is 0 Å². The molecule has 4 atom stereocenters. The SMILES string of the molecule is CC(C)CC(=O)OC[C@H]1O[C@@](C#N)(c2ccc3c(N)ncnn23)[C@H](O)[C@@H]1O. The standard InChI is InChI=1S/C17H21N5O5/c1-9(2)5-13(23)26-6-11-14(24)15(25)17(7-18,27-11)12-4-3-10-16(19)20-8-21-22(10)12/h3-4,8-9,11,14-15,24-25H,5-6H2,1-2H3,(H2,19,20,21)/t11-,14-,15-,17+/m1/s1. The number of aliphatic hydroxyl groups is 2. The van der Waals surface area contributed by atoms with Crippen LogP contribution in [0.1, 0.15) is 26.0 Å². The van der Waals surface area contributed by atoms with Crippen molar-refractivity contribution < 1.29 is 24.5 Å². The molecular weight excluding hydrogens is 354 g/mol. The topological polar surface area (TPSA) is 156 Å². The van der Waals surface area contributed by atoms with Crippen molar-refractivity contribution in [3.05, 3.63) is 24.2 Å². The molecule has 2 aromatic heterocycles. The Balaban J connectivity index is 1.88. The van der Waals surface area contributed by atoms with Crippen LogP contribution in [0.4, 0.5) is 5.82 Å². The van der Waals surface area contributed by atoms with Gasteiger partial charge in [-0.05, 0) is 18.1 Å². The van der Waals surface area contributed by atoms with Crippen LogP contribution < -0.4 is 5.73 Å². The highest BCUT2D eigenvalue weighted by molar-refractivity contribution is 5.69. The van der Waals surface area contributed by atoms with E-state index in [9.17, 15) is 20.3 Å². The summed E-state index contributed by atoms with van der Waals surface area (Å²) in [6.45, 7) is 3.46. The molecule has 3 heterocycles. The van der Waals surface area contributed by atoms with Crippen LogP contribution in [-0.4, -0.2) is 55.7 Å². The van der Waals surface area contributed by atoms with Crippen LogP contribution in [-0.2, 0) is 19.9 Å². The molecule has 1 saturated heterocycles. The maximum Gasteiger partial charge on any atom is 0.306 e. The van der Waals surface area contributed by atoms with Gasteiger partial charge in [-0.3, -0.25) is 4.79 Å². The lowest BCUT2D eigenvalue weighted by atomic mass is 9.92. The Morgan fingerprint density at radius 3 is 2.93 bits per heavy atom. The molecule has 1 fully saturated rings. The number of fused-ring (bicyclic) bond motifs is 1. The Bertz CT molecular complexity index is 891. The molecule has 0 unspecified atom stereocenters. The number of hydrogen-bond donors (Lipinski definition) is 3. The number of rotatable bonds is 5. The average Bonchev–Trinajstić information content (AvgIpc) is 3.15. The number of carbonyl (C=O) groups is 1. The molecular formula is C17H21N5O5. The zero-order valence-corrected chi connectivity index (χ0v) is 14.9. The minimum absolute atomic E-state index is 0.118. The van der Waals surface area contributed by atoms with Crippen LogP contribution in [0.5, 0.6) is 0 Å². The van der Waals surface area contributed by atoms with Gasteiger partial charge in [-0.15, -0.1) is 0 Å². The first-order chi connectivity index (χ1) is 12.8. The predicted molar refractivity (Wildman–Crippen MR) is 92.0 cm³/mol. The van der Waals surface area contributed by atoms with Crippen molar-refractivity contribution in [1.82, 2.24) is 14.6 Å². The number of nitriles is 1. The average molecular weight is 375 g/mol. The first kappa shape index (κ1) is 19.0. The summed E-state index contributed by atoms with van der Waals surface area (Å²) in [4.78, 5) is 15.6. The van der Waals surface area contributed by atoms with Gasteiger partial charge in [0, 0.05) is 6.42 Å². The molecule has 0 bridgehead atoms. The van der Waals surface area contributed by atoms with Crippen molar-refractivity contribution in [2.45, 2.75) is 44.2 Å². The van der Waals surface area contributed by atoms with Gasteiger partial charge in [-0.1, -0.05) is 13.8 Å². The normalized spacial score (nSPS) is 27.8. The maximum atomic E-state index is 11.7. The van der Waals surface area contributed by atoms with Gasteiger partial charge in [0.15, 0.2) is 5.82 Å². The third-order valence-corrected chi connectivity index (χ3v) is 4.47. The second kappa shape index (κ2) is 7.11. The number of anilines is 1. The van der Waals surface area contributed by atoms with E-state index in [1.54, 1.807) is 6.07 Å². The van der Waals surface area contributed by atoms with Crippen LogP contribution >= 0.6 is 0 Å². The van der Waals surface area contributed by atoms with Gasteiger partial charge >= 0.3 is 5.97 Å². The summed E-state index contributed by atoms with van der Waals surface area (Å²) < 4.78 is 12.2. The number of nitrogen functional groups attached to an aromatic ring is 1. The summed E-state index contributed by atoms with van der Waals surface area (Å²) in [7, 11) is 0. The van der Waals surface area contributed by atoms with E-state index in [4.69, 9.17) is 15.2 Å². The molecule has 0 spiro atoms. The third-order valence-electron chi connectivity index (χ3n) is 4.47. The molecule has 1 aliphatic rings. The highest BCUT2D eigenvalue weighted by Gasteiger charge is 2.57. The van der Waals surface area contributed by atoms with E-state index < -0.39 is 29.9 Å². The van der Waals surface area contributed by atoms with Gasteiger partial charge < -0.3 is 25.4 Å². The molecule has 0 aliphatic carbocycles. The number of esters is 1. The number of hydrogen-bond acceptors (Lipinski definition) is 9. The van der Waals surface area contributed by atoms with Crippen molar-refractivity contribution in [2.24, 2.45) is 5.92 Å². The van der Waals surface area contributed by atoms with E-state index in [1.165, 1.54) is 16.9 Å². The molecule has 10 nitrogen and oxygen atoms in total. The lowest BCUT2D eigenvalue weighted by Gasteiger charge is -2.24. The second-order valence-electron chi connectivity index (χ2n) is 6.88. The minimum atomic E-state index is -1.90. The summed E-state index contributed by atoms with van der Waals surface area (Å²) >= 11 is 0. The fourth-order valence-corrected chi connectivity index (χ4v) is 3.12. The van der Waals surface area contributed by atoms with Gasteiger partial charge in [0.05, 0.1) is 5.69 Å². The van der Waals surface area contributed by atoms with E-state index >= 15 is 0 Å². The van der Waals surface area contributed by atoms with Gasteiger partial charge in [0.2, 0.25) is 5.60 Å². The van der Waals surface area contributed by atoms with Crippen molar-refractivity contribution >= 4 is 17.3 Å². The Morgan fingerprint density at radius 1 is 1.52 bits per heavy atom. The van der Waals surface area contributed by atoms with Crippen LogP contribution in [0.2, 0.25) is 0 Å². The number of aliphatic hydroxyl groups excluding tert-OH is 2. The van der Waals surface area contributed by atoms with E-state index in [-0.39, 0.29) is 30.5 Å². The zero-order chi connectivity index (χ0) is 19.8. The van der Waals surface area contributed by atoms with Crippen LogP contribution in [0.3, 0.4) is 0 Å². The third kappa shape index (κ3) is 3.21. The van der Waals surface area contributed by atoms with E-state index in [0.29, 0.717) is 5.52 Å². The number of aromatic nitrogens is 3. The van der Waals surface area contributed by atoms with Crippen molar-refractivity contribution in [2.75, 3.05) is 12.3 Å². The number of nitrogens with zero attached hydrogens (tertiary/aromatic N) is 4. The fourth-order valence-electron chi connectivity index (χ4n) is 3.12. The molecule has 0 amide bonds. The van der Waals surface area contributed by atoms with Crippen LogP contribution in [0.15, 0.2) is 18.5 Å².